The van der Waals surface area contributed by atoms with Gasteiger partial charge in [-0.05, 0) is 36.3 Å². The van der Waals surface area contributed by atoms with Crippen LogP contribution in [-0.4, -0.2) is 5.11 Å². The molecule has 0 heterocycles. The van der Waals surface area contributed by atoms with Crippen molar-refractivity contribution in [1.82, 2.24) is 0 Å². The van der Waals surface area contributed by atoms with Crippen LogP contribution in [0.3, 0.4) is 0 Å². The van der Waals surface area contributed by atoms with E-state index in [1.165, 1.54) is 17.5 Å². The maximum Gasteiger partial charge on any atom is 0.0896 e. The molecular formula is C17H26O. The van der Waals surface area contributed by atoms with Crippen molar-refractivity contribution in [2.45, 2.75) is 70.8 Å². The fourth-order valence-corrected chi connectivity index (χ4v) is 2.91. The van der Waals surface area contributed by atoms with Gasteiger partial charge in [0.05, 0.1) is 5.60 Å². The summed E-state index contributed by atoms with van der Waals surface area (Å²) in [6, 6.07) is 6.63. The maximum absolute atomic E-state index is 10.9. The summed E-state index contributed by atoms with van der Waals surface area (Å²) < 4.78 is 0. The Morgan fingerprint density at radius 2 is 1.61 bits per heavy atom. The quantitative estimate of drug-likeness (QED) is 0.776. The standard InChI is InChI=1S/C17H26O/c1-13-10-14(16(2,3)4)12-15(11-13)17(18)8-6-5-7-9-17/h10-12,18H,5-9H2,1-4H3. The lowest BCUT2D eigenvalue weighted by Crippen LogP contribution is -2.29. The van der Waals surface area contributed by atoms with Gasteiger partial charge in [-0.2, -0.15) is 0 Å². The second-order valence-electron chi connectivity index (χ2n) is 6.93. The van der Waals surface area contributed by atoms with Gasteiger partial charge in [-0.15, -0.1) is 0 Å². The molecule has 100 valence electrons. The molecule has 1 N–H and O–H groups in total. The van der Waals surface area contributed by atoms with Crippen LogP contribution in [0.2, 0.25) is 0 Å². The molecule has 1 heteroatoms. The molecule has 18 heavy (non-hydrogen) atoms. The Morgan fingerprint density at radius 3 is 2.17 bits per heavy atom. The minimum absolute atomic E-state index is 0.145. The summed E-state index contributed by atoms with van der Waals surface area (Å²) in [5.74, 6) is 0. The van der Waals surface area contributed by atoms with Crippen molar-refractivity contribution in [3.63, 3.8) is 0 Å². The molecule has 1 aliphatic rings. The summed E-state index contributed by atoms with van der Waals surface area (Å²) in [5.41, 5.74) is 3.29. The molecule has 0 saturated heterocycles. The molecule has 0 aliphatic heterocycles. The minimum atomic E-state index is -0.579. The molecule has 0 spiro atoms. The number of rotatable bonds is 1. The Bertz CT molecular complexity index is 420. The number of aliphatic hydroxyl groups is 1. The van der Waals surface area contributed by atoms with E-state index in [1.807, 2.05) is 0 Å². The minimum Gasteiger partial charge on any atom is -0.385 e. The number of benzene rings is 1. The molecule has 0 atom stereocenters. The molecule has 1 fully saturated rings. The summed E-state index contributed by atoms with van der Waals surface area (Å²) in [6.45, 7) is 8.83. The number of hydrogen-bond donors (Lipinski definition) is 1. The molecule has 0 aromatic heterocycles. The van der Waals surface area contributed by atoms with E-state index in [9.17, 15) is 5.11 Å². The van der Waals surface area contributed by atoms with Crippen molar-refractivity contribution in [3.8, 4) is 0 Å². The van der Waals surface area contributed by atoms with E-state index in [1.54, 1.807) is 0 Å². The van der Waals surface area contributed by atoms with E-state index < -0.39 is 5.60 Å². The average molecular weight is 246 g/mol. The third-order valence-corrected chi connectivity index (χ3v) is 4.16. The molecule has 1 aromatic carbocycles. The Hall–Kier alpha value is -0.820. The molecule has 0 amide bonds. The summed E-state index contributed by atoms with van der Waals surface area (Å²) in [7, 11) is 0. The Labute approximate surface area is 111 Å². The molecule has 1 nitrogen and oxygen atoms in total. The summed E-state index contributed by atoms with van der Waals surface area (Å²) in [4.78, 5) is 0. The maximum atomic E-state index is 10.9. The van der Waals surface area contributed by atoms with Crippen LogP contribution >= 0.6 is 0 Å². The smallest absolute Gasteiger partial charge is 0.0896 e. The van der Waals surface area contributed by atoms with Crippen molar-refractivity contribution < 1.29 is 5.11 Å². The highest BCUT2D eigenvalue weighted by Gasteiger charge is 2.32. The van der Waals surface area contributed by atoms with Crippen molar-refractivity contribution in [3.05, 3.63) is 34.9 Å². The van der Waals surface area contributed by atoms with Crippen LogP contribution in [0.15, 0.2) is 18.2 Å². The van der Waals surface area contributed by atoms with E-state index in [0.29, 0.717) is 0 Å². The highest BCUT2D eigenvalue weighted by Crippen LogP contribution is 2.38. The van der Waals surface area contributed by atoms with Crippen LogP contribution < -0.4 is 0 Å². The zero-order valence-electron chi connectivity index (χ0n) is 12.2. The first-order valence-electron chi connectivity index (χ1n) is 7.16. The molecule has 2 rings (SSSR count). The monoisotopic (exact) mass is 246 g/mol. The van der Waals surface area contributed by atoms with Gasteiger partial charge in [0.2, 0.25) is 0 Å². The SMILES string of the molecule is Cc1cc(C(C)(C)C)cc(C2(O)CCCCC2)c1. The van der Waals surface area contributed by atoms with Crippen LogP contribution in [0.4, 0.5) is 0 Å². The lowest BCUT2D eigenvalue weighted by molar-refractivity contribution is -0.000782. The number of aryl methyl sites for hydroxylation is 1. The first-order valence-corrected chi connectivity index (χ1v) is 7.16. The Morgan fingerprint density at radius 1 is 1.00 bits per heavy atom. The van der Waals surface area contributed by atoms with Gasteiger partial charge in [0, 0.05) is 0 Å². The van der Waals surface area contributed by atoms with Crippen molar-refractivity contribution in [2.75, 3.05) is 0 Å². The van der Waals surface area contributed by atoms with E-state index in [0.717, 1.165) is 31.2 Å². The zero-order valence-corrected chi connectivity index (χ0v) is 12.2. The average Bonchev–Trinajstić information content (AvgIpc) is 2.28. The number of hydrogen-bond acceptors (Lipinski definition) is 1. The van der Waals surface area contributed by atoms with Gasteiger partial charge in [0.1, 0.15) is 0 Å². The highest BCUT2D eigenvalue weighted by atomic mass is 16.3. The molecule has 0 bridgehead atoms. The Kier molecular flexibility index (Phi) is 3.55. The van der Waals surface area contributed by atoms with Crippen LogP contribution in [-0.2, 0) is 11.0 Å². The molecule has 1 aromatic rings. The normalized spacial score (nSPS) is 19.8. The third-order valence-electron chi connectivity index (χ3n) is 4.16. The molecule has 1 aliphatic carbocycles. The van der Waals surface area contributed by atoms with Gasteiger partial charge in [0.15, 0.2) is 0 Å². The lowest BCUT2D eigenvalue weighted by Gasteiger charge is -2.34. The molecule has 0 unspecified atom stereocenters. The molecule has 1 saturated carbocycles. The summed E-state index contributed by atoms with van der Waals surface area (Å²) in [6.07, 6.45) is 5.39. The van der Waals surface area contributed by atoms with Crippen LogP contribution in [0, 0.1) is 6.92 Å². The van der Waals surface area contributed by atoms with Crippen molar-refractivity contribution >= 4 is 0 Å². The fourth-order valence-electron chi connectivity index (χ4n) is 2.91. The van der Waals surface area contributed by atoms with Crippen molar-refractivity contribution in [2.24, 2.45) is 0 Å². The fraction of sp³-hybridized carbons (Fsp3) is 0.647. The van der Waals surface area contributed by atoms with E-state index in [4.69, 9.17) is 0 Å². The van der Waals surface area contributed by atoms with Gasteiger partial charge in [0.25, 0.3) is 0 Å². The first kappa shape index (κ1) is 13.6. The lowest BCUT2D eigenvalue weighted by atomic mass is 9.76. The highest BCUT2D eigenvalue weighted by molar-refractivity contribution is 5.36. The van der Waals surface area contributed by atoms with Gasteiger partial charge in [-0.3, -0.25) is 0 Å². The zero-order chi connectivity index (χ0) is 13.4. The predicted molar refractivity (Wildman–Crippen MR) is 76.9 cm³/mol. The van der Waals surface area contributed by atoms with Crippen LogP contribution in [0.1, 0.15) is 69.6 Å². The molecular weight excluding hydrogens is 220 g/mol. The Balaban J connectivity index is 2.41. The topological polar surface area (TPSA) is 20.2 Å². The van der Waals surface area contributed by atoms with E-state index in [-0.39, 0.29) is 5.41 Å². The van der Waals surface area contributed by atoms with Gasteiger partial charge in [-0.1, -0.05) is 63.8 Å². The predicted octanol–water partition coefficient (Wildman–Crippen LogP) is 4.44. The summed E-state index contributed by atoms with van der Waals surface area (Å²) >= 11 is 0. The van der Waals surface area contributed by atoms with Gasteiger partial charge < -0.3 is 5.11 Å². The van der Waals surface area contributed by atoms with Gasteiger partial charge in [-0.25, -0.2) is 0 Å². The molecule has 0 radical (unpaired) electrons. The van der Waals surface area contributed by atoms with E-state index >= 15 is 0 Å². The first-order chi connectivity index (χ1) is 8.31. The van der Waals surface area contributed by atoms with Crippen LogP contribution in [0.5, 0.6) is 0 Å². The van der Waals surface area contributed by atoms with Gasteiger partial charge >= 0.3 is 0 Å². The van der Waals surface area contributed by atoms with E-state index in [2.05, 4.69) is 45.9 Å². The second kappa shape index (κ2) is 4.70. The van der Waals surface area contributed by atoms with Crippen molar-refractivity contribution in [1.29, 1.82) is 0 Å². The summed E-state index contributed by atoms with van der Waals surface area (Å²) in [5, 5.41) is 10.9. The largest absolute Gasteiger partial charge is 0.385 e. The van der Waals surface area contributed by atoms with Crippen LogP contribution in [0.25, 0.3) is 0 Å². The third kappa shape index (κ3) is 2.77. The second-order valence-corrected chi connectivity index (χ2v) is 6.93.